The topological polar surface area (TPSA) is 57.6 Å². The van der Waals surface area contributed by atoms with Gasteiger partial charge in [0.1, 0.15) is 0 Å². The number of likely N-dealkylation sites (tertiary alicyclic amines) is 1. The van der Waals surface area contributed by atoms with E-state index in [2.05, 4.69) is 0 Å². The van der Waals surface area contributed by atoms with E-state index in [4.69, 9.17) is 5.11 Å². The highest BCUT2D eigenvalue weighted by molar-refractivity contribution is 5.77. The molecule has 0 unspecified atom stereocenters. The summed E-state index contributed by atoms with van der Waals surface area (Å²) in [6, 6.07) is 0. The largest absolute Gasteiger partial charge is 0.481 e. The van der Waals surface area contributed by atoms with Crippen molar-refractivity contribution in [2.24, 2.45) is 5.92 Å². The van der Waals surface area contributed by atoms with Gasteiger partial charge in [0, 0.05) is 19.5 Å². The summed E-state index contributed by atoms with van der Waals surface area (Å²) in [6.07, 6.45) is -5.37. The number of amides is 1. The Labute approximate surface area is 96.4 Å². The summed E-state index contributed by atoms with van der Waals surface area (Å²) >= 11 is 0. The fourth-order valence-electron chi connectivity index (χ4n) is 1.78. The fourth-order valence-corrected chi connectivity index (χ4v) is 1.78. The van der Waals surface area contributed by atoms with Crippen LogP contribution in [-0.2, 0) is 9.59 Å². The molecule has 0 aromatic rings. The number of hydrogen-bond acceptors (Lipinski definition) is 2. The van der Waals surface area contributed by atoms with E-state index in [0.29, 0.717) is 12.8 Å². The first-order chi connectivity index (χ1) is 7.79. The smallest absolute Gasteiger partial charge is 0.389 e. The molecule has 1 aliphatic heterocycles. The normalized spacial score (nSPS) is 18.2. The van der Waals surface area contributed by atoms with Crippen LogP contribution < -0.4 is 0 Å². The molecule has 0 saturated carbocycles. The molecule has 1 rings (SSSR count). The van der Waals surface area contributed by atoms with E-state index in [9.17, 15) is 22.8 Å². The first kappa shape index (κ1) is 13.8. The number of alkyl halides is 3. The average molecular weight is 253 g/mol. The second-order valence-corrected chi connectivity index (χ2v) is 4.11. The van der Waals surface area contributed by atoms with Crippen molar-refractivity contribution in [1.29, 1.82) is 0 Å². The lowest BCUT2D eigenvalue weighted by Gasteiger charge is -2.30. The number of rotatable bonds is 3. The number of carbonyl (C=O) groups excluding carboxylic acids is 1. The summed E-state index contributed by atoms with van der Waals surface area (Å²) in [5, 5.41) is 8.72. The van der Waals surface area contributed by atoms with Gasteiger partial charge in [-0.25, -0.2) is 0 Å². The average Bonchev–Trinajstić information content (AvgIpc) is 2.25. The number of nitrogens with zero attached hydrogens (tertiary/aromatic N) is 1. The van der Waals surface area contributed by atoms with E-state index in [1.54, 1.807) is 0 Å². The quantitative estimate of drug-likeness (QED) is 0.832. The van der Waals surface area contributed by atoms with E-state index in [1.165, 1.54) is 4.90 Å². The maximum atomic E-state index is 11.9. The zero-order valence-electron chi connectivity index (χ0n) is 9.16. The zero-order chi connectivity index (χ0) is 13.1. The van der Waals surface area contributed by atoms with E-state index in [-0.39, 0.29) is 13.1 Å². The Morgan fingerprint density at radius 1 is 1.24 bits per heavy atom. The van der Waals surface area contributed by atoms with Crippen LogP contribution >= 0.6 is 0 Å². The molecule has 0 spiro atoms. The Balaban J connectivity index is 2.33. The van der Waals surface area contributed by atoms with Crippen LogP contribution in [0.4, 0.5) is 13.2 Å². The molecule has 17 heavy (non-hydrogen) atoms. The van der Waals surface area contributed by atoms with Crippen molar-refractivity contribution in [1.82, 2.24) is 4.90 Å². The molecule has 4 nitrogen and oxygen atoms in total. The van der Waals surface area contributed by atoms with E-state index in [0.717, 1.165) is 0 Å². The maximum absolute atomic E-state index is 11.9. The van der Waals surface area contributed by atoms with E-state index >= 15 is 0 Å². The minimum absolute atomic E-state index is 0.230. The SMILES string of the molecule is O=C(O)C1CCN(C(=O)CCC(F)(F)F)CC1. The number of halogens is 3. The Morgan fingerprint density at radius 2 is 1.76 bits per heavy atom. The van der Waals surface area contributed by atoms with Crippen LogP contribution in [0.5, 0.6) is 0 Å². The molecule has 0 aromatic carbocycles. The van der Waals surface area contributed by atoms with Gasteiger partial charge in [0.25, 0.3) is 0 Å². The van der Waals surface area contributed by atoms with Crippen molar-refractivity contribution in [3.05, 3.63) is 0 Å². The van der Waals surface area contributed by atoms with E-state index < -0.39 is 36.8 Å². The third-order valence-corrected chi connectivity index (χ3v) is 2.82. The standard InChI is InChI=1S/C10H14F3NO3/c11-10(12,13)4-1-8(15)14-5-2-7(3-6-14)9(16)17/h7H,1-6H2,(H,16,17). The van der Waals surface area contributed by atoms with E-state index in [1.807, 2.05) is 0 Å². The van der Waals surface area contributed by atoms with Crippen LogP contribution in [0, 0.1) is 5.92 Å². The first-order valence-corrected chi connectivity index (χ1v) is 5.37. The Kier molecular flexibility index (Phi) is 4.36. The zero-order valence-corrected chi connectivity index (χ0v) is 9.16. The molecule has 1 fully saturated rings. The van der Waals surface area contributed by atoms with Crippen molar-refractivity contribution < 1.29 is 27.9 Å². The summed E-state index contributed by atoms with van der Waals surface area (Å²) in [7, 11) is 0. The number of carboxylic acid groups (broad SMARTS) is 1. The molecular formula is C10H14F3NO3. The lowest BCUT2D eigenvalue weighted by Crippen LogP contribution is -2.40. The minimum Gasteiger partial charge on any atom is -0.481 e. The summed E-state index contributed by atoms with van der Waals surface area (Å²) < 4.78 is 35.7. The number of aliphatic carboxylic acids is 1. The van der Waals surface area contributed by atoms with Gasteiger partial charge in [0.05, 0.1) is 12.3 Å². The molecule has 0 aliphatic carbocycles. The van der Waals surface area contributed by atoms with Crippen LogP contribution in [0.1, 0.15) is 25.7 Å². The third kappa shape index (κ3) is 4.62. The van der Waals surface area contributed by atoms with Gasteiger partial charge >= 0.3 is 12.1 Å². The van der Waals surface area contributed by atoms with Gasteiger partial charge in [-0.15, -0.1) is 0 Å². The Morgan fingerprint density at radius 3 is 2.18 bits per heavy atom. The van der Waals surface area contributed by atoms with Crippen LogP contribution in [0.2, 0.25) is 0 Å². The highest BCUT2D eigenvalue weighted by Crippen LogP contribution is 2.23. The van der Waals surface area contributed by atoms with Crippen molar-refractivity contribution in [3.63, 3.8) is 0 Å². The second-order valence-electron chi connectivity index (χ2n) is 4.11. The molecular weight excluding hydrogens is 239 g/mol. The van der Waals surface area contributed by atoms with Crippen LogP contribution in [0.25, 0.3) is 0 Å². The molecule has 0 aromatic heterocycles. The summed E-state index contributed by atoms with van der Waals surface area (Å²) in [6.45, 7) is 0.460. The number of piperidine rings is 1. The van der Waals surface area contributed by atoms with Crippen LogP contribution in [0.3, 0.4) is 0 Å². The first-order valence-electron chi connectivity index (χ1n) is 5.37. The molecule has 0 radical (unpaired) electrons. The molecule has 0 atom stereocenters. The molecule has 0 bridgehead atoms. The summed E-state index contributed by atoms with van der Waals surface area (Å²) in [5.74, 6) is -1.94. The number of carbonyl (C=O) groups is 2. The van der Waals surface area contributed by atoms with Crippen molar-refractivity contribution in [2.45, 2.75) is 31.9 Å². The van der Waals surface area contributed by atoms with Gasteiger partial charge in [-0.2, -0.15) is 13.2 Å². The molecule has 1 N–H and O–H groups in total. The number of carboxylic acids is 1. The van der Waals surface area contributed by atoms with Gasteiger partial charge in [0.2, 0.25) is 5.91 Å². The van der Waals surface area contributed by atoms with Crippen molar-refractivity contribution in [3.8, 4) is 0 Å². The molecule has 98 valence electrons. The molecule has 1 saturated heterocycles. The highest BCUT2D eigenvalue weighted by Gasteiger charge is 2.31. The fraction of sp³-hybridized carbons (Fsp3) is 0.800. The predicted octanol–water partition coefficient (Wildman–Crippen LogP) is 1.65. The maximum Gasteiger partial charge on any atom is 0.389 e. The monoisotopic (exact) mass is 253 g/mol. The number of hydrogen-bond donors (Lipinski definition) is 1. The van der Waals surface area contributed by atoms with Crippen molar-refractivity contribution in [2.75, 3.05) is 13.1 Å². The Bertz CT molecular complexity index is 296. The minimum atomic E-state index is -4.32. The van der Waals surface area contributed by atoms with Gasteiger partial charge in [-0.05, 0) is 12.8 Å². The van der Waals surface area contributed by atoms with Gasteiger partial charge in [-0.1, -0.05) is 0 Å². The van der Waals surface area contributed by atoms with Crippen molar-refractivity contribution >= 4 is 11.9 Å². The molecule has 7 heteroatoms. The summed E-state index contributed by atoms with van der Waals surface area (Å²) in [5.41, 5.74) is 0. The summed E-state index contributed by atoms with van der Waals surface area (Å²) in [4.78, 5) is 23.3. The van der Waals surface area contributed by atoms with Gasteiger partial charge in [0.15, 0.2) is 0 Å². The molecule has 1 heterocycles. The van der Waals surface area contributed by atoms with Gasteiger partial charge < -0.3 is 10.0 Å². The molecule has 1 aliphatic rings. The lowest BCUT2D eigenvalue weighted by atomic mass is 9.97. The second kappa shape index (κ2) is 5.37. The molecule has 1 amide bonds. The lowest BCUT2D eigenvalue weighted by molar-refractivity contribution is -0.151. The predicted molar refractivity (Wildman–Crippen MR) is 52.2 cm³/mol. The Hall–Kier alpha value is -1.27. The van der Waals surface area contributed by atoms with Crippen LogP contribution in [0.15, 0.2) is 0 Å². The van der Waals surface area contributed by atoms with Crippen LogP contribution in [-0.4, -0.2) is 41.1 Å². The third-order valence-electron chi connectivity index (χ3n) is 2.82. The van der Waals surface area contributed by atoms with Gasteiger partial charge in [-0.3, -0.25) is 9.59 Å². The highest BCUT2D eigenvalue weighted by atomic mass is 19.4.